The Morgan fingerprint density at radius 1 is 1.07 bits per heavy atom. The summed E-state index contributed by atoms with van der Waals surface area (Å²) >= 11 is 0. The van der Waals surface area contributed by atoms with Crippen LogP contribution in [0, 0.1) is 5.82 Å². The Morgan fingerprint density at radius 3 is 2.37 bits per heavy atom. The Bertz CT molecular complexity index is 893. The predicted octanol–water partition coefficient (Wildman–Crippen LogP) is 3.84. The molecule has 1 amide bonds. The van der Waals surface area contributed by atoms with Crippen LogP contribution in [0.25, 0.3) is 0 Å². The molecular formula is C18H13F4NO4. The second kappa shape index (κ2) is 7.98. The van der Waals surface area contributed by atoms with Crippen LogP contribution in [0.4, 0.5) is 23.2 Å². The number of anilines is 1. The number of nitrogens with one attached hydrogen (secondary N) is 1. The third kappa shape index (κ3) is 5.37. The van der Waals surface area contributed by atoms with Crippen molar-refractivity contribution in [3.05, 3.63) is 65.0 Å². The zero-order chi connectivity index (χ0) is 20.2. The number of rotatable bonds is 5. The maximum atomic E-state index is 13.9. The van der Waals surface area contributed by atoms with Gasteiger partial charge in [0.25, 0.3) is 0 Å². The zero-order valence-electron chi connectivity index (χ0n) is 13.9. The van der Waals surface area contributed by atoms with Crippen LogP contribution in [0.15, 0.2) is 42.5 Å². The Morgan fingerprint density at radius 2 is 1.78 bits per heavy atom. The lowest BCUT2D eigenvalue weighted by Gasteiger charge is -2.09. The molecule has 0 fully saturated rings. The number of benzene rings is 2. The van der Waals surface area contributed by atoms with Crippen molar-refractivity contribution in [2.75, 3.05) is 11.9 Å². The molecule has 0 spiro atoms. The largest absolute Gasteiger partial charge is 0.454 e. The molecule has 9 heteroatoms. The first-order chi connectivity index (χ1) is 12.6. The number of carbonyl (C=O) groups excluding carboxylic acids is 3. The SMILES string of the molecule is CC(=O)Nc1ccc(C(=O)COC(=O)c2cccc(C(F)(F)F)c2)c(F)c1. The van der Waals surface area contributed by atoms with Gasteiger partial charge in [0.05, 0.1) is 16.7 Å². The number of alkyl halides is 3. The number of hydrogen-bond donors (Lipinski definition) is 1. The van der Waals surface area contributed by atoms with Gasteiger partial charge in [-0.05, 0) is 36.4 Å². The molecule has 142 valence electrons. The van der Waals surface area contributed by atoms with Crippen molar-refractivity contribution in [3.8, 4) is 0 Å². The monoisotopic (exact) mass is 383 g/mol. The van der Waals surface area contributed by atoms with Crippen molar-refractivity contribution in [1.82, 2.24) is 0 Å². The first-order valence-corrected chi connectivity index (χ1v) is 7.52. The van der Waals surface area contributed by atoms with Crippen LogP contribution in [0.5, 0.6) is 0 Å². The number of amides is 1. The van der Waals surface area contributed by atoms with E-state index in [1.54, 1.807) is 0 Å². The van der Waals surface area contributed by atoms with Gasteiger partial charge in [-0.15, -0.1) is 0 Å². The van der Waals surface area contributed by atoms with Crippen molar-refractivity contribution in [3.63, 3.8) is 0 Å². The van der Waals surface area contributed by atoms with Crippen LogP contribution in [0.2, 0.25) is 0 Å². The number of ketones is 1. The van der Waals surface area contributed by atoms with Gasteiger partial charge < -0.3 is 10.1 Å². The molecule has 0 unspecified atom stereocenters. The average molecular weight is 383 g/mol. The number of carbonyl (C=O) groups is 3. The molecule has 5 nitrogen and oxygen atoms in total. The summed E-state index contributed by atoms with van der Waals surface area (Å²) in [5.41, 5.74) is -1.68. The van der Waals surface area contributed by atoms with Crippen molar-refractivity contribution in [2.45, 2.75) is 13.1 Å². The summed E-state index contributed by atoms with van der Waals surface area (Å²) in [7, 11) is 0. The molecule has 0 aromatic heterocycles. The Balaban J connectivity index is 2.05. The van der Waals surface area contributed by atoms with Gasteiger partial charge in [0.2, 0.25) is 11.7 Å². The lowest BCUT2D eigenvalue weighted by molar-refractivity contribution is -0.137. The first-order valence-electron chi connectivity index (χ1n) is 7.52. The van der Waals surface area contributed by atoms with Gasteiger partial charge in [0.1, 0.15) is 5.82 Å². The third-order valence-corrected chi connectivity index (χ3v) is 3.35. The van der Waals surface area contributed by atoms with E-state index in [1.165, 1.54) is 13.0 Å². The minimum absolute atomic E-state index is 0.137. The average Bonchev–Trinajstić information content (AvgIpc) is 2.58. The predicted molar refractivity (Wildman–Crippen MR) is 86.8 cm³/mol. The highest BCUT2D eigenvalue weighted by Gasteiger charge is 2.31. The van der Waals surface area contributed by atoms with Gasteiger partial charge in [0.15, 0.2) is 6.61 Å². The third-order valence-electron chi connectivity index (χ3n) is 3.35. The molecule has 0 saturated heterocycles. The molecule has 0 aliphatic rings. The van der Waals surface area contributed by atoms with Crippen LogP contribution < -0.4 is 5.32 Å². The van der Waals surface area contributed by atoms with E-state index in [2.05, 4.69) is 10.1 Å². The van der Waals surface area contributed by atoms with Crippen molar-refractivity contribution >= 4 is 23.3 Å². The molecule has 2 aromatic carbocycles. The fourth-order valence-electron chi connectivity index (χ4n) is 2.14. The fourth-order valence-corrected chi connectivity index (χ4v) is 2.14. The summed E-state index contributed by atoms with van der Waals surface area (Å²) in [6, 6.07) is 6.81. The maximum Gasteiger partial charge on any atom is 0.416 e. The molecule has 0 saturated carbocycles. The van der Waals surface area contributed by atoms with E-state index in [0.29, 0.717) is 6.07 Å². The number of hydrogen-bond acceptors (Lipinski definition) is 4. The summed E-state index contributed by atoms with van der Waals surface area (Å²) in [5.74, 6) is -3.41. The van der Waals surface area contributed by atoms with E-state index >= 15 is 0 Å². The molecule has 2 aromatic rings. The fraction of sp³-hybridized carbons (Fsp3) is 0.167. The van der Waals surface area contributed by atoms with Gasteiger partial charge in [-0.2, -0.15) is 13.2 Å². The molecule has 0 radical (unpaired) electrons. The quantitative estimate of drug-likeness (QED) is 0.484. The van der Waals surface area contributed by atoms with Crippen LogP contribution >= 0.6 is 0 Å². The second-order valence-corrected chi connectivity index (χ2v) is 5.45. The van der Waals surface area contributed by atoms with E-state index in [0.717, 1.165) is 30.3 Å². The molecule has 0 bridgehead atoms. The van der Waals surface area contributed by atoms with Crippen molar-refractivity contribution in [1.29, 1.82) is 0 Å². The van der Waals surface area contributed by atoms with E-state index in [1.807, 2.05) is 0 Å². The minimum atomic E-state index is -4.63. The van der Waals surface area contributed by atoms with Gasteiger partial charge in [-0.3, -0.25) is 9.59 Å². The molecule has 0 atom stereocenters. The molecule has 1 N–H and O–H groups in total. The Kier molecular flexibility index (Phi) is 5.94. The van der Waals surface area contributed by atoms with Crippen LogP contribution in [-0.4, -0.2) is 24.3 Å². The number of Topliss-reactive ketones (excluding diaryl/α,β-unsaturated/α-hetero) is 1. The summed E-state index contributed by atoms with van der Waals surface area (Å²) in [4.78, 5) is 34.7. The van der Waals surface area contributed by atoms with Crippen LogP contribution in [0.3, 0.4) is 0 Å². The zero-order valence-corrected chi connectivity index (χ0v) is 13.9. The van der Waals surface area contributed by atoms with E-state index in [4.69, 9.17) is 0 Å². The number of halogens is 4. The minimum Gasteiger partial charge on any atom is -0.454 e. The number of esters is 1. The van der Waals surface area contributed by atoms with Crippen molar-refractivity contribution in [2.24, 2.45) is 0 Å². The van der Waals surface area contributed by atoms with Crippen LogP contribution in [-0.2, 0) is 15.7 Å². The Hall–Kier alpha value is -3.23. The first kappa shape index (κ1) is 20.1. The molecular weight excluding hydrogens is 370 g/mol. The molecule has 27 heavy (non-hydrogen) atoms. The Labute approximate surface area is 150 Å². The summed E-state index contributed by atoms with van der Waals surface area (Å²) < 4.78 is 56.6. The lowest BCUT2D eigenvalue weighted by Crippen LogP contribution is -2.16. The highest BCUT2D eigenvalue weighted by Crippen LogP contribution is 2.29. The van der Waals surface area contributed by atoms with Crippen LogP contribution in [0.1, 0.15) is 33.2 Å². The van der Waals surface area contributed by atoms with E-state index < -0.39 is 41.8 Å². The van der Waals surface area contributed by atoms with Gasteiger partial charge >= 0.3 is 12.1 Å². The van der Waals surface area contributed by atoms with Gasteiger partial charge in [-0.25, -0.2) is 9.18 Å². The van der Waals surface area contributed by atoms with Crippen molar-refractivity contribution < 1.29 is 36.7 Å². The lowest BCUT2D eigenvalue weighted by atomic mass is 10.1. The standard InChI is InChI=1S/C18H13F4NO4/c1-10(24)23-13-5-6-14(15(19)8-13)16(25)9-27-17(26)11-3-2-4-12(7-11)18(20,21)22/h2-8H,9H2,1H3,(H,23,24). The highest BCUT2D eigenvalue weighted by molar-refractivity contribution is 6.00. The summed E-state index contributed by atoms with van der Waals surface area (Å²) in [6.07, 6.45) is -4.63. The molecule has 0 heterocycles. The van der Waals surface area contributed by atoms with E-state index in [9.17, 15) is 31.9 Å². The van der Waals surface area contributed by atoms with Gasteiger partial charge in [-0.1, -0.05) is 6.07 Å². The summed E-state index contributed by atoms with van der Waals surface area (Å²) in [6.45, 7) is 0.371. The maximum absolute atomic E-state index is 13.9. The summed E-state index contributed by atoms with van der Waals surface area (Å²) in [5, 5.41) is 2.33. The highest BCUT2D eigenvalue weighted by atomic mass is 19.4. The topological polar surface area (TPSA) is 72.5 Å². The molecule has 0 aliphatic heterocycles. The van der Waals surface area contributed by atoms with Gasteiger partial charge in [0, 0.05) is 12.6 Å². The molecule has 0 aliphatic carbocycles. The normalized spacial score (nSPS) is 11.0. The molecule has 2 rings (SSSR count). The second-order valence-electron chi connectivity index (χ2n) is 5.45. The number of ether oxygens (including phenoxy) is 1. The van der Waals surface area contributed by atoms with E-state index in [-0.39, 0.29) is 16.8 Å². The smallest absolute Gasteiger partial charge is 0.416 e.